The molecule has 2 heterocycles. The SMILES string of the molecule is Cc1c(Cl)cccc1-c1cc(NCCOc2nccc(C(N)=O)n2)nc(N)n1. The molecule has 144 valence electrons. The molecule has 1 amide bonds. The highest BCUT2D eigenvalue weighted by molar-refractivity contribution is 6.31. The summed E-state index contributed by atoms with van der Waals surface area (Å²) >= 11 is 6.19. The van der Waals surface area contributed by atoms with Gasteiger partial charge in [-0.05, 0) is 24.6 Å². The first-order chi connectivity index (χ1) is 13.4. The van der Waals surface area contributed by atoms with E-state index in [0.717, 1.165) is 11.1 Å². The van der Waals surface area contributed by atoms with E-state index in [0.29, 0.717) is 23.1 Å². The van der Waals surface area contributed by atoms with E-state index in [1.807, 2.05) is 25.1 Å². The fraction of sp³-hybridized carbons (Fsp3) is 0.167. The summed E-state index contributed by atoms with van der Waals surface area (Å²) in [6.45, 7) is 2.54. The summed E-state index contributed by atoms with van der Waals surface area (Å²) in [7, 11) is 0. The van der Waals surface area contributed by atoms with Crippen molar-refractivity contribution >= 4 is 29.3 Å². The van der Waals surface area contributed by atoms with Crippen molar-refractivity contribution in [2.45, 2.75) is 6.92 Å². The molecule has 3 aromatic rings. The van der Waals surface area contributed by atoms with Crippen LogP contribution in [-0.4, -0.2) is 39.0 Å². The van der Waals surface area contributed by atoms with Gasteiger partial charge in [-0.3, -0.25) is 4.79 Å². The summed E-state index contributed by atoms with van der Waals surface area (Å²) in [5.41, 5.74) is 13.5. The molecule has 0 aliphatic rings. The van der Waals surface area contributed by atoms with E-state index in [-0.39, 0.29) is 24.3 Å². The molecular weight excluding hydrogens is 382 g/mol. The number of aromatic nitrogens is 4. The Bertz CT molecular complexity index is 1010. The van der Waals surface area contributed by atoms with Crippen LogP contribution in [0, 0.1) is 6.92 Å². The van der Waals surface area contributed by atoms with Crippen molar-refractivity contribution in [3.8, 4) is 17.3 Å². The molecule has 5 N–H and O–H groups in total. The topological polar surface area (TPSA) is 142 Å². The van der Waals surface area contributed by atoms with Crippen LogP contribution < -0.4 is 21.5 Å². The number of hydrogen-bond acceptors (Lipinski definition) is 8. The lowest BCUT2D eigenvalue weighted by Gasteiger charge is -2.11. The number of nitrogens with two attached hydrogens (primary N) is 2. The minimum atomic E-state index is -0.648. The Kier molecular flexibility index (Phi) is 5.85. The van der Waals surface area contributed by atoms with Gasteiger partial charge in [-0.15, -0.1) is 0 Å². The Morgan fingerprint density at radius 3 is 2.86 bits per heavy atom. The van der Waals surface area contributed by atoms with Crippen LogP contribution in [0.3, 0.4) is 0 Å². The van der Waals surface area contributed by atoms with Crippen LogP contribution in [0.2, 0.25) is 5.02 Å². The van der Waals surface area contributed by atoms with E-state index in [1.54, 1.807) is 6.07 Å². The average molecular weight is 400 g/mol. The van der Waals surface area contributed by atoms with Crippen molar-refractivity contribution in [3.05, 3.63) is 52.8 Å². The van der Waals surface area contributed by atoms with Crippen molar-refractivity contribution < 1.29 is 9.53 Å². The van der Waals surface area contributed by atoms with Crippen LogP contribution in [0.5, 0.6) is 6.01 Å². The Labute approximate surface area is 166 Å². The number of ether oxygens (including phenoxy) is 1. The minimum absolute atomic E-state index is 0.0653. The number of halogens is 1. The Morgan fingerprint density at radius 2 is 2.07 bits per heavy atom. The second-order valence-corrected chi connectivity index (χ2v) is 6.18. The maximum Gasteiger partial charge on any atom is 0.317 e. The van der Waals surface area contributed by atoms with Gasteiger partial charge in [0, 0.05) is 22.8 Å². The highest BCUT2D eigenvalue weighted by Gasteiger charge is 2.10. The third-order valence-corrected chi connectivity index (χ3v) is 4.22. The maximum atomic E-state index is 11.1. The highest BCUT2D eigenvalue weighted by Crippen LogP contribution is 2.28. The summed E-state index contributed by atoms with van der Waals surface area (Å²) in [6, 6.07) is 8.84. The molecule has 0 aliphatic heterocycles. The first kappa shape index (κ1) is 19.3. The summed E-state index contributed by atoms with van der Waals surface area (Å²) < 4.78 is 5.41. The number of nitrogens with one attached hydrogen (secondary N) is 1. The van der Waals surface area contributed by atoms with E-state index in [9.17, 15) is 4.79 Å². The number of anilines is 2. The normalized spacial score (nSPS) is 10.5. The molecule has 2 aromatic heterocycles. The zero-order valence-electron chi connectivity index (χ0n) is 15.0. The van der Waals surface area contributed by atoms with Crippen LogP contribution >= 0.6 is 11.6 Å². The molecule has 0 radical (unpaired) electrons. The van der Waals surface area contributed by atoms with Gasteiger partial charge in [0.25, 0.3) is 5.91 Å². The largest absolute Gasteiger partial charge is 0.462 e. The molecule has 0 unspecified atom stereocenters. The number of primary amides is 1. The molecule has 9 nitrogen and oxygen atoms in total. The highest BCUT2D eigenvalue weighted by atomic mass is 35.5. The predicted molar refractivity (Wildman–Crippen MR) is 106 cm³/mol. The smallest absolute Gasteiger partial charge is 0.317 e. The van der Waals surface area contributed by atoms with Crippen molar-refractivity contribution in [2.24, 2.45) is 5.73 Å². The lowest BCUT2D eigenvalue weighted by atomic mass is 10.1. The molecule has 0 spiro atoms. The molecule has 10 heteroatoms. The number of nitrogen functional groups attached to an aromatic ring is 1. The van der Waals surface area contributed by atoms with Crippen molar-refractivity contribution in [1.29, 1.82) is 0 Å². The van der Waals surface area contributed by atoms with Crippen molar-refractivity contribution in [1.82, 2.24) is 19.9 Å². The van der Waals surface area contributed by atoms with Gasteiger partial charge in [0.1, 0.15) is 18.1 Å². The Morgan fingerprint density at radius 1 is 1.25 bits per heavy atom. The lowest BCUT2D eigenvalue weighted by molar-refractivity contribution is 0.0994. The van der Waals surface area contributed by atoms with E-state index in [2.05, 4.69) is 25.3 Å². The van der Waals surface area contributed by atoms with Gasteiger partial charge in [0.05, 0.1) is 12.2 Å². The summed E-state index contributed by atoms with van der Waals surface area (Å²) in [6.07, 6.45) is 1.40. The van der Waals surface area contributed by atoms with E-state index < -0.39 is 5.91 Å². The van der Waals surface area contributed by atoms with E-state index in [1.165, 1.54) is 12.3 Å². The maximum absolute atomic E-state index is 11.1. The number of carbonyl (C=O) groups is 1. The second-order valence-electron chi connectivity index (χ2n) is 5.77. The van der Waals surface area contributed by atoms with Crippen molar-refractivity contribution in [3.63, 3.8) is 0 Å². The third-order valence-electron chi connectivity index (χ3n) is 3.81. The molecule has 3 rings (SSSR count). The molecule has 0 saturated heterocycles. The number of benzene rings is 1. The van der Waals surface area contributed by atoms with Crippen LogP contribution in [-0.2, 0) is 0 Å². The molecule has 0 bridgehead atoms. The minimum Gasteiger partial charge on any atom is -0.462 e. The number of carbonyl (C=O) groups excluding carboxylic acids is 1. The second kappa shape index (κ2) is 8.49. The van der Waals surface area contributed by atoms with Gasteiger partial charge < -0.3 is 21.5 Å². The van der Waals surface area contributed by atoms with Crippen LogP contribution in [0.4, 0.5) is 11.8 Å². The fourth-order valence-corrected chi connectivity index (χ4v) is 2.62. The summed E-state index contributed by atoms with van der Waals surface area (Å²) in [4.78, 5) is 27.4. The Hall–Kier alpha value is -3.46. The third kappa shape index (κ3) is 4.63. The van der Waals surface area contributed by atoms with Gasteiger partial charge in [-0.2, -0.15) is 9.97 Å². The van der Waals surface area contributed by atoms with E-state index >= 15 is 0 Å². The zero-order valence-corrected chi connectivity index (χ0v) is 15.8. The van der Waals surface area contributed by atoms with Gasteiger partial charge in [0.15, 0.2) is 0 Å². The number of rotatable bonds is 7. The summed E-state index contributed by atoms with van der Waals surface area (Å²) in [5.74, 6) is 0.0285. The number of hydrogen-bond donors (Lipinski definition) is 3. The molecule has 1 aromatic carbocycles. The standard InChI is InChI=1S/C18H18ClN7O2/c1-10-11(3-2-4-12(10)19)14-9-15(26-17(21)24-14)22-7-8-28-18-23-6-5-13(25-18)16(20)27/h2-6,9H,7-8H2,1H3,(H2,20,27)(H3,21,22,24,26). The monoisotopic (exact) mass is 399 g/mol. The zero-order chi connectivity index (χ0) is 20.1. The molecule has 0 saturated carbocycles. The molecule has 28 heavy (non-hydrogen) atoms. The van der Waals surface area contributed by atoms with Crippen LogP contribution in [0.25, 0.3) is 11.3 Å². The van der Waals surface area contributed by atoms with E-state index in [4.69, 9.17) is 27.8 Å². The quantitative estimate of drug-likeness (QED) is 0.512. The van der Waals surface area contributed by atoms with Crippen LogP contribution in [0.1, 0.15) is 16.1 Å². The first-order valence-corrected chi connectivity index (χ1v) is 8.71. The molecular formula is C18H18ClN7O2. The molecule has 0 fully saturated rings. The summed E-state index contributed by atoms with van der Waals surface area (Å²) in [5, 5.41) is 3.75. The number of nitrogens with zero attached hydrogens (tertiary/aromatic N) is 4. The van der Waals surface area contributed by atoms with Gasteiger partial charge >= 0.3 is 6.01 Å². The lowest BCUT2D eigenvalue weighted by Crippen LogP contribution is -2.16. The Balaban J connectivity index is 1.65. The van der Waals surface area contributed by atoms with Crippen molar-refractivity contribution in [2.75, 3.05) is 24.2 Å². The molecule has 0 atom stereocenters. The fourth-order valence-electron chi connectivity index (χ4n) is 2.45. The van der Waals surface area contributed by atoms with Gasteiger partial charge in [0.2, 0.25) is 5.95 Å². The molecule has 0 aliphatic carbocycles. The number of amides is 1. The predicted octanol–water partition coefficient (Wildman–Crippen LogP) is 2.07. The first-order valence-electron chi connectivity index (χ1n) is 8.33. The van der Waals surface area contributed by atoms with Gasteiger partial charge in [-0.25, -0.2) is 9.97 Å². The average Bonchev–Trinajstić information content (AvgIpc) is 2.67. The van der Waals surface area contributed by atoms with Gasteiger partial charge in [-0.1, -0.05) is 23.7 Å². The van der Waals surface area contributed by atoms with Crippen LogP contribution in [0.15, 0.2) is 36.5 Å².